The van der Waals surface area contributed by atoms with Gasteiger partial charge in [-0.25, -0.2) is 0 Å². The molecule has 1 amide bonds. The summed E-state index contributed by atoms with van der Waals surface area (Å²) in [5.74, 6) is 0.198. The Morgan fingerprint density at radius 1 is 1.40 bits per heavy atom. The zero-order valence-corrected chi connectivity index (χ0v) is 10.6. The number of hydrogen-bond acceptors (Lipinski definition) is 2. The third-order valence-electron chi connectivity index (χ3n) is 3.51. The van der Waals surface area contributed by atoms with E-state index in [0.29, 0.717) is 12.5 Å². The van der Waals surface area contributed by atoms with Crippen LogP contribution in [0.1, 0.15) is 32.1 Å². The van der Waals surface area contributed by atoms with Crippen molar-refractivity contribution in [1.82, 2.24) is 10.2 Å². The van der Waals surface area contributed by atoms with Crippen LogP contribution in [-0.4, -0.2) is 41.3 Å². The second kappa shape index (κ2) is 5.30. The van der Waals surface area contributed by atoms with Crippen LogP contribution in [0.5, 0.6) is 0 Å². The highest BCUT2D eigenvalue weighted by Gasteiger charge is 2.31. The molecule has 2 aliphatic heterocycles. The fraction of sp³-hybridized carbons (Fsp3) is 0.909. The van der Waals surface area contributed by atoms with Gasteiger partial charge in [-0.05, 0) is 32.2 Å². The van der Waals surface area contributed by atoms with Crippen LogP contribution >= 0.6 is 15.9 Å². The van der Waals surface area contributed by atoms with E-state index >= 15 is 0 Å². The Morgan fingerprint density at radius 3 is 3.07 bits per heavy atom. The van der Waals surface area contributed by atoms with Crippen LogP contribution in [-0.2, 0) is 4.79 Å². The summed E-state index contributed by atoms with van der Waals surface area (Å²) in [5, 5.41) is 3.90. The zero-order chi connectivity index (χ0) is 10.7. The molecule has 3 nitrogen and oxygen atoms in total. The number of fused-ring (bicyclic) bond motifs is 1. The summed E-state index contributed by atoms with van der Waals surface area (Å²) < 4.78 is 0. The summed E-state index contributed by atoms with van der Waals surface area (Å²) in [6.45, 7) is 2.44. The van der Waals surface area contributed by atoms with E-state index in [9.17, 15) is 4.79 Å². The van der Waals surface area contributed by atoms with Gasteiger partial charge in [0.2, 0.25) is 5.91 Å². The molecule has 2 atom stereocenters. The Labute approximate surface area is 99.7 Å². The molecule has 2 fully saturated rings. The maximum absolute atomic E-state index is 11.4. The Hall–Kier alpha value is -0.0900. The Kier molecular flexibility index (Phi) is 4.03. The van der Waals surface area contributed by atoms with Gasteiger partial charge in [-0.1, -0.05) is 15.9 Å². The van der Waals surface area contributed by atoms with Gasteiger partial charge in [0.1, 0.15) is 0 Å². The molecule has 4 heteroatoms. The van der Waals surface area contributed by atoms with Crippen molar-refractivity contribution in [3.05, 3.63) is 0 Å². The van der Waals surface area contributed by atoms with Crippen LogP contribution in [0.3, 0.4) is 0 Å². The quantitative estimate of drug-likeness (QED) is 0.792. The smallest absolute Gasteiger partial charge is 0.221 e. The first kappa shape index (κ1) is 11.4. The largest absolute Gasteiger partial charge is 0.353 e. The molecule has 2 rings (SSSR count). The van der Waals surface area contributed by atoms with E-state index in [0.717, 1.165) is 24.2 Å². The van der Waals surface area contributed by atoms with Crippen molar-refractivity contribution in [2.75, 3.05) is 18.4 Å². The number of nitrogens with zero attached hydrogens (tertiary/aromatic N) is 1. The third-order valence-corrected chi connectivity index (χ3v) is 3.90. The van der Waals surface area contributed by atoms with Crippen molar-refractivity contribution in [3.8, 4) is 0 Å². The van der Waals surface area contributed by atoms with Crippen LogP contribution in [0, 0.1) is 0 Å². The minimum Gasteiger partial charge on any atom is -0.353 e. The number of amides is 1. The zero-order valence-electron chi connectivity index (χ0n) is 9.04. The van der Waals surface area contributed by atoms with E-state index in [1.807, 2.05) is 0 Å². The normalized spacial score (nSPS) is 31.3. The van der Waals surface area contributed by atoms with Gasteiger partial charge in [0, 0.05) is 30.4 Å². The highest BCUT2D eigenvalue weighted by atomic mass is 79.9. The minimum absolute atomic E-state index is 0.198. The van der Waals surface area contributed by atoms with Gasteiger partial charge >= 0.3 is 0 Å². The molecule has 1 N–H and O–H groups in total. The summed E-state index contributed by atoms with van der Waals surface area (Å²) >= 11 is 3.29. The van der Waals surface area contributed by atoms with Crippen LogP contribution < -0.4 is 5.32 Å². The van der Waals surface area contributed by atoms with E-state index in [1.54, 1.807) is 0 Å². The van der Waals surface area contributed by atoms with Crippen molar-refractivity contribution < 1.29 is 4.79 Å². The fourth-order valence-electron chi connectivity index (χ4n) is 2.74. The van der Waals surface area contributed by atoms with E-state index in [2.05, 4.69) is 26.1 Å². The van der Waals surface area contributed by atoms with Gasteiger partial charge in [-0.2, -0.15) is 0 Å². The molecule has 0 aromatic carbocycles. The number of carbonyl (C=O) groups excluding carboxylic acids is 1. The summed E-state index contributed by atoms with van der Waals surface area (Å²) in [6.07, 6.45) is 5.56. The monoisotopic (exact) mass is 274 g/mol. The standard InChI is InChI=1S/C11H19BrN2O/c12-5-3-11(15)13-9-4-7-14-6-1-2-10(14)8-9/h9-10H,1-8H2,(H,13,15). The molecule has 0 bridgehead atoms. The van der Waals surface area contributed by atoms with Gasteiger partial charge in [0.15, 0.2) is 0 Å². The molecule has 0 spiro atoms. The molecule has 86 valence electrons. The lowest BCUT2D eigenvalue weighted by molar-refractivity contribution is -0.121. The Bertz CT molecular complexity index is 235. The Balaban J connectivity index is 1.77. The third kappa shape index (κ3) is 2.94. The average molecular weight is 275 g/mol. The van der Waals surface area contributed by atoms with Crippen molar-refractivity contribution >= 4 is 21.8 Å². The van der Waals surface area contributed by atoms with E-state index in [4.69, 9.17) is 0 Å². The van der Waals surface area contributed by atoms with Crippen LogP contribution in [0.4, 0.5) is 0 Å². The number of halogens is 1. The van der Waals surface area contributed by atoms with E-state index in [1.165, 1.54) is 25.9 Å². The van der Waals surface area contributed by atoms with Crippen LogP contribution in [0.2, 0.25) is 0 Å². The molecule has 0 aliphatic carbocycles. The van der Waals surface area contributed by atoms with Gasteiger partial charge in [0.05, 0.1) is 0 Å². The maximum Gasteiger partial charge on any atom is 0.221 e. The highest BCUT2D eigenvalue weighted by molar-refractivity contribution is 9.09. The molecule has 0 saturated carbocycles. The summed E-state index contributed by atoms with van der Waals surface area (Å²) in [5.41, 5.74) is 0. The molecule has 2 heterocycles. The first-order valence-electron chi connectivity index (χ1n) is 5.89. The molecule has 2 unspecified atom stereocenters. The van der Waals surface area contributed by atoms with Gasteiger partial charge in [-0.3, -0.25) is 4.79 Å². The first-order valence-corrected chi connectivity index (χ1v) is 7.01. The lowest BCUT2D eigenvalue weighted by Gasteiger charge is -2.35. The fourth-order valence-corrected chi connectivity index (χ4v) is 3.10. The molecular weight excluding hydrogens is 256 g/mol. The van der Waals surface area contributed by atoms with Crippen molar-refractivity contribution in [3.63, 3.8) is 0 Å². The summed E-state index contributed by atoms with van der Waals surface area (Å²) in [4.78, 5) is 14.0. The molecule has 2 aliphatic rings. The predicted octanol–water partition coefficient (Wildman–Crippen LogP) is 1.51. The number of rotatable bonds is 3. The van der Waals surface area contributed by atoms with Gasteiger partial charge in [-0.15, -0.1) is 0 Å². The minimum atomic E-state index is 0.198. The molecular formula is C11H19BrN2O. The molecule has 0 aromatic heterocycles. The lowest BCUT2D eigenvalue weighted by Crippen LogP contribution is -2.47. The number of alkyl halides is 1. The number of carbonyl (C=O) groups is 1. The summed E-state index contributed by atoms with van der Waals surface area (Å²) in [6, 6.07) is 1.17. The Morgan fingerprint density at radius 2 is 2.27 bits per heavy atom. The highest BCUT2D eigenvalue weighted by Crippen LogP contribution is 2.26. The predicted molar refractivity (Wildman–Crippen MR) is 64.2 cm³/mol. The SMILES string of the molecule is O=C(CCBr)NC1CCN2CCCC2C1. The lowest BCUT2D eigenvalue weighted by atomic mass is 9.97. The molecule has 2 saturated heterocycles. The molecule has 0 aromatic rings. The number of piperidine rings is 1. The first-order chi connectivity index (χ1) is 7.29. The molecule has 15 heavy (non-hydrogen) atoms. The van der Waals surface area contributed by atoms with Crippen molar-refractivity contribution in [2.45, 2.75) is 44.2 Å². The van der Waals surface area contributed by atoms with Gasteiger partial charge in [0.25, 0.3) is 0 Å². The topological polar surface area (TPSA) is 32.3 Å². The number of hydrogen-bond donors (Lipinski definition) is 1. The van der Waals surface area contributed by atoms with Crippen molar-refractivity contribution in [2.24, 2.45) is 0 Å². The van der Waals surface area contributed by atoms with Crippen molar-refractivity contribution in [1.29, 1.82) is 0 Å². The summed E-state index contributed by atoms with van der Waals surface area (Å²) in [7, 11) is 0. The average Bonchev–Trinajstić information content (AvgIpc) is 2.65. The van der Waals surface area contributed by atoms with Gasteiger partial charge < -0.3 is 10.2 Å². The second-order valence-corrected chi connectivity index (χ2v) is 5.35. The second-order valence-electron chi connectivity index (χ2n) is 4.56. The van der Waals surface area contributed by atoms with E-state index < -0.39 is 0 Å². The van der Waals surface area contributed by atoms with Crippen LogP contribution in [0.25, 0.3) is 0 Å². The maximum atomic E-state index is 11.4. The van der Waals surface area contributed by atoms with E-state index in [-0.39, 0.29) is 5.91 Å². The van der Waals surface area contributed by atoms with Crippen LogP contribution in [0.15, 0.2) is 0 Å². The number of nitrogens with one attached hydrogen (secondary N) is 1. The molecule has 0 radical (unpaired) electrons.